The maximum Gasteiger partial charge on any atom is 0.353 e. The standard InChI is InChI=1S/C29H27NO6/c1-34-23-4-2-3-20(15-23)17-30-26-12-11-24(35-14-13-31)16-25(26)27(28(30)29(32)33)21-7-9-22(10-8-21)36-18-19-5-6-19/h2-4,7-13,15-16,19H,5-6,14,17-18H2,1H3,(H,32,33). The van der Waals surface area contributed by atoms with Crippen LogP contribution in [0.2, 0.25) is 0 Å². The second kappa shape index (κ2) is 10.2. The highest BCUT2D eigenvalue weighted by Crippen LogP contribution is 2.38. The van der Waals surface area contributed by atoms with Crippen molar-refractivity contribution >= 4 is 23.2 Å². The Morgan fingerprint density at radius 3 is 2.47 bits per heavy atom. The van der Waals surface area contributed by atoms with Crippen LogP contribution in [0.25, 0.3) is 22.0 Å². The van der Waals surface area contributed by atoms with Crippen molar-refractivity contribution in [2.24, 2.45) is 5.92 Å². The predicted molar refractivity (Wildman–Crippen MR) is 136 cm³/mol. The van der Waals surface area contributed by atoms with Crippen molar-refractivity contribution < 1.29 is 28.9 Å². The monoisotopic (exact) mass is 485 g/mol. The van der Waals surface area contributed by atoms with Gasteiger partial charge in [-0.2, -0.15) is 0 Å². The molecule has 4 aromatic rings. The minimum atomic E-state index is -1.03. The van der Waals surface area contributed by atoms with Crippen LogP contribution >= 0.6 is 0 Å². The van der Waals surface area contributed by atoms with E-state index in [0.717, 1.165) is 27.8 Å². The fraction of sp³-hybridized carbons (Fsp3) is 0.241. The molecule has 5 rings (SSSR count). The topological polar surface area (TPSA) is 87.0 Å². The number of benzene rings is 3. The number of aldehydes is 1. The van der Waals surface area contributed by atoms with Gasteiger partial charge in [-0.1, -0.05) is 24.3 Å². The van der Waals surface area contributed by atoms with Crippen LogP contribution in [0.15, 0.2) is 66.7 Å². The lowest BCUT2D eigenvalue weighted by Gasteiger charge is -2.11. The number of carbonyl (C=O) groups is 2. The maximum absolute atomic E-state index is 12.7. The van der Waals surface area contributed by atoms with E-state index in [-0.39, 0.29) is 12.3 Å². The molecule has 7 nitrogen and oxygen atoms in total. The van der Waals surface area contributed by atoms with Gasteiger partial charge in [-0.25, -0.2) is 4.79 Å². The number of methoxy groups -OCH3 is 1. The number of ether oxygens (including phenoxy) is 3. The van der Waals surface area contributed by atoms with Crippen LogP contribution < -0.4 is 14.2 Å². The van der Waals surface area contributed by atoms with Crippen LogP contribution in [0.1, 0.15) is 28.9 Å². The SMILES string of the molecule is COc1cccc(Cn2c(C(=O)O)c(-c3ccc(OCC4CC4)cc3)c3cc(OCC=O)ccc32)c1. The van der Waals surface area contributed by atoms with Gasteiger partial charge in [0.15, 0.2) is 6.29 Å². The Kier molecular flexibility index (Phi) is 6.62. The molecule has 1 saturated carbocycles. The molecule has 36 heavy (non-hydrogen) atoms. The van der Waals surface area contributed by atoms with Crippen molar-refractivity contribution in [3.05, 3.63) is 78.0 Å². The molecule has 0 aliphatic heterocycles. The van der Waals surface area contributed by atoms with E-state index in [1.165, 1.54) is 12.8 Å². The minimum Gasteiger partial charge on any atom is -0.497 e. The summed E-state index contributed by atoms with van der Waals surface area (Å²) in [6, 6.07) is 20.5. The number of fused-ring (bicyclic) bond motifs is 1. The number of carboxylic acid groups (broad SMARTS) is 1. The largest absolute Gasteiger partial charge is 0.497 e. The molecule has 0 unspecified atom stereocenters. The van der Waals surface area contributed by atoms with E-state index < -0.39 is 5.97 Å². The fourth-order valence-corrected chi connectivity index (χ4v) is 4.40. The normalized spacial score (nSPS) is 12.9. The first-order valence-corrected chi connectivity index (χ1v) is 11.9. The first-order chi connectivity index (χ1) is 17.6. The van der Waals surface area contributed by atoms with Crippen LogP contribution in [0.3, 0.4) is 0 Å². The third-order valence-electron chi connectivity index (χ3n) is 6.36. The van der Waals surface area contributed by atoms with E-state index in [9.17, 15) is 14.7 Å². The highest BCUT2D eigenvalue weighted by atomic mass is 16.5. The van der Waals surface area contributed by atoms with Crippen molar-refractivity contribution in [3.8, 4) is 28.4 Å². The van der Waals surface area contributed by atoms with E-state index in [1.54, 1.807) is 23.8 Å². The number of nitrogens with zero attached hydrogens (tertiary/aromatic N) is 1. The van der Waals surface area contributed by atoms with E-state index in [1.807, 2.05) is 54.6 Å². The van der Waals surface area contributed by atoms with E-state index in [2.05, 4.69) is 0 Å². The van der Waals surface area contributed by atoms with Crippen molar-refractivity contribution in [1.29, 1.82) is 0 Å². The Morgan fingerprint density at radius 1 is 1.00 bits per heavy atom. The molecule has 7 heteroatoms. The Hall–Kier alpha value is -4.26. The van der Waals surface area contributed by atoms with Crippen LogP contribution in [0.4, 0.5) is 0 Å². The first-order valence-electron chi connectivity index (χ1n) is 11.9. The summed E-state index contributed by atoms with van der Waals surface area (Å²) in [4.78, 5) is 23.5. The second-order valence-corrected chi connectivity index (χ2v) is 8.90. The number of hydrogen-bond acceptors (Lipinski definition) is 5. The molecule has 1 fully saturated rings. The lowest BCUT2D eigenvalue weighted by Crippen LogP contribution is -2.10. The van der Waals surface area contributed by atoms with Crippen molar-refractivity contribution in [2.75, 3.05) is 20.3 Å². The van der Waals surface area contributed by atoms with E-state index in [4.69, 9.17) is 14.2 Å². The van der Waals surface area contributed by atoms with Gasteiger partial charge in [0.1, 0.15) is 29.5 Å². The lowest BCUT2D eigenvalue weighted by atomic mass is 10.0. The van der Waals surface area contributed by atoms with Crippen molar-refractivity contribution in [3.63, 3.8) is 0 Å². The van der Waals surface area contributed by atoms with E-state index >= 15 is 0 Å². The van der Waals surface area contributed by atoms with Gasteiger partial charge in [-0.15, -0.1) is 0 Å². The van der Waals surface area contributed by atoms with Gasteiger partial charge in [0.2, 0.25) is 0 Å². The predicted octanol–water partition coefficient (Wildman–Crippen LogP) is 5.43. The number of carbonyl (C=O) groups excluding carboxylic acids is 1. The van der Waals surface area contributed by atoms with Gasteiger partial charge in [-0.3, -0.25) is 4.79 Å². The molecule has 1 N–H and O–H groups in total. The van der Waals surface area contributed by atoms with Gasteiger partial charge < -0.3 is 23.9 Å². The molecule has 1 aliphatic carbocycles. The van der Waals surface area contributed by atoms with Gasteiger partial charge >= 0.3 is 5.97 Å². The smallest absolute Gasteiger partial charge is 0.353 e. The number of aromatic carboxylic acids is 1. The molecule has 1 aliphatic rings. The maximum atomic E-state index is 12.7. The molecule has 0 radical (unpaired) electrons. The summed E-state index contributed by atoms with van der Waals surface area (Å²) >= 11 is 0. The summed E-state index contributed by atoms with van der Waals surface area (Å²) in [6.07, 6.45) is 3.10. The Morgan fingerprint density at radius 2 is 1.78 bits per heavy atom. The van der Waals surface area contributed by atoms with Crippen molar-refractivity contribution in [1.82, 2.24) is 4.57 Å². The van der Waals surface area contributed by atoms with E-state index in [0.29, 0.717) is 42.4 Å². The molecular weight excluding hydrogens is 458 g/mol. The fourth-order valence-electron chi connectivity index (χ4n) is 4.40. The third-order valence-corrected chi connectivity index (χ3v) is 6.36. The Balaban J connectivity index is 1.63. The summed E-state index contributed by atoms with van der Waals surface area (Å²) in [5.74, 6) is 1.57. The Labute approximate surface area is 208 Å². The second-order valence-electron chi connectivity index (χ2n) is 8.90. The lowest BCUT2D eigenvalue weighted by molar-refractivity contribution is -0.109. The van der Waals surface area contributed by atoms with Gasteiger partial charge in [0.25, 0.3) is 0 Å². The van der Waals surface area contributed by atoms with Crippen molar-refractivity contribution in [2.45, 2.75) is 19.4 Å². The summed E-state index contributed by atoms with van der Waals surface area (Å²) in [7, 11) is 1.60. The summed E-state index contributed by atoms with van der Waals surface area (Å²) in [5, 5.41) is 11.1. The summed E-state index contributed by atoms with van der Waals surface area (Å²) in [6.45, 7) is 0.966. The van der Waals surface area contributed by atoms with Crippen LogP contribution in [-0.4, -0.2) is 42.3 Å². The quantitative estimate of drug-likeness (QED) is 0.285. The van der Waals surface area contributed by atoms with Crippen LogP contribution in [0.5, 0.6) is 17.2 Å². The molecular formula is C29H27NO6. The number of rotatable bonds is 11. The molecule has 0 spiro atoms. The number of hydrogen-bond donors (Lipinski definition) is 1. The van der Waals surface area contributed by atoms with Gasteiger partial charge in [0, 0.05) is 23.0 Å². The average Bonchev–Trinajstić information content (AvgIpc) is 3.68. The molecule has 184 valence electrons. The molecule has 1 heterocycles. The minimum absolute atomic E-state index is 0.0792. The summed E-state index contributed by atoms with van der Waals surface area (Å²) in [5.41, 5.74) is 3.17. The number of carboxylic acids is 1. The van der Waals surface area contributed by atoms with Crippen LogP contribution in [0, 0.1) is 5.92 Å². The number of aromatic nitrogens is 1. The average molecular weight is 486 g/mol. The highest BCUT2D eigenvalue weighted by molar-refractivity contribution is 6.08. The van der Waals surface area contributed by atoms with Crippen LogP contribution in [-0.2, 0) is 11.3 Å². The zero-order valence-electron chi connectivity index (χ0n) is 20.0. The molecule has 1 aromatic heterocycles. The molecule has 0 bridgehead atoms. The molecule has 0 saturated heterocycles. The first kappa shape index (κ1) is 23.5. The van der Waals surface area contributed by atoms with Gasteiger partial charge in [0.05, 0.1) is 13.7 Å². The Bertz CT molecular complexity index is 1400. The zero-order chi connectivity index (χ0) is 25.1. The zero-order valence-corrected chi connectivity index (χ0v) is 20.0. The summed E-state index contributed by atoms with van der Waals surface area (Å²) < 4.78 is 18.5. The molecule has 0 atom stereocenters. The highest BCUT2D eigenvalue weighted by Gasteiger charge is 2.25. The van der Waals surface area contributed by atoms with Gasteiger partial charge in [-0.05, 0) is 72.4 Å². The molecule has 0 amide bonds. The molecule has 3 aromatic carbocycles. The third kappa shape index (κ3) is 4.91.